The first-order valence-electron chi connectivity index (χ1n) is 6.84. The summed E-state index contributed by atoms with van der Waals surface area (Å²) in [4.78, 5) is 10.7. The minimum Gasteiger partial charge on any atom is -0.487 e. The van der Waals surface area contributed by atoms with Gasteiger partial charge in [0.25, 0.3) is 0 Å². The summed E-state index contributed by atoms with van der Waals surface area (Å²) in [6, 6.07) is 15.1. The summed E-state index contributed by atoms with van der Waals surface area (Å²) in [7, 11) is 1.65. The zero-order chi connectivity index (χ0) is 15.1. The number of rotatable bonds is 7. The molecule has 0 radical (unpaired) electrons. The minimum atomic E-state index is -0.418. The molecule has 0 aliphatic carbocycles. The van der Waals surface area contributed by atoms with E-state index >= 15 is 0 Å². The predicted octanol–water partition coefficient (Wildman–Crippen LogP) is 3.65. The van der Waals surface area contributed by atoms with E-state index in [0.29, 0.717) is 18.0 Å². The van der Waals surface area contributed by atoms with Gasteiger partial charge in [0.05, 0.1) is 11.5 Å². The molecule has 0 atom stereocenters. The van der Waals surface area contributed by atoms with E-state index in [9.17, 15) is 10.1 Å². The van der Waals surface area contributed by atoms with E-state index in [4.69, 9.17) is 4.74 Å². The third kappa shape index (κ3) is 3.95. The highest BCUT2D eigenvalue weighted by Crippen LogP contribution is 2.34. The van der Waals surface area contributed by atoms with Crippen LogP contribution >= 0.6 is 0 Å². The number of hydrogen-bond acceptors (Lipinski definition) is 4. The van der Waals surface area contributed by atoms with E-state index in [-0.39, 0.29) is 5.69 Å². The monoisotopic (exact) mass is 286 g/mol. The van der Waals surface area contributed by atoms with Crippen LogP contribution < -0.4 is 10.1 Å². The first-order chi connectivity index (χ1) is 10.2. The molecule has 0 saturated heterocycles. The van der Waals surface area contributed by atoms with Crippen LogP contribution in [0.15, 0.2) is 48.5 Å². The summed E-state index contributed by atoms with van der Waals surface area (Å²) < 4.78 is 5.58. The molecule has 0 heterocycles. The molecule has 2 aromatic rings. The van der Waals surface area contributed by atoms with Gasteiger partial charge in [-0.3, -0.25) is 10.1 Å². The highest BCUT2D eigenvalue weighted by molar-refractivity contribution is 5.68. The van der Waals surface area contributed by atoms with Gasteiger partial charge in [-0.1, -0.05) is 36.4 Å². The third-order valence-electron chi connectivity index (χ3n) is 3.16. The van der Waals surface area contributed by atoms with E-state index < -0.39 is 4.92 Å². The molecule has 2 rings (SSSR count). The van der Waals surface area contributed by atoms with E-state index in [0.717, 1.165) is 12.8 Å². The second kappa shape index (κ2) is 7.28. The number of aryl methyl sites for hydroxylation is 1. The molecule has 110 valence electrons. The lowest BCUT2D eigenvalue weighted by Gasteiger charge is -2.09. The number of benzene rings is 2. The van der Waals surface area contributed by atoms with Crippen LogP contribution in [-0.4, -0.2) is 18.6 Å². The first-order valence-corrected chi connectivity index (χ1v) is 6.84. The van der Waals surface area contributed by atoms with Gasteiger partial charge in [0, 0.05) is 7.05 Å². The zero-order valence-electron chi connectivity index (χ0n) is 11.9. The Bertz CT molecular complexity index is 600. The number of ether oxygens (including phenoxy) is 1. The van der Waals surface area contributed by atoms with Crippen LogP contribution in [0.5, 0.6) is 5.75 Å². The number of nitro benzene ring substituents is 1. The van der Waals surface area contributed by atoms with Gasteiger partial charge in [0.15, 0.2) is 5.75 Å². The van der Waals surface area contributed by atoms with Gasteiger partial charge in [-0.2, -0.15) is 0 Å². The van der Waals surface area contributed by atoms with Crippen LogP contribution in [0.1, 0.15) is 12.0 Å². The Kier molecular flexibility index (Phi) is 5.15. The topological polar surface area (TPSA) is 64.4 Å². The van der Waals surface area contributed by atoms with Gasteiger partial charge in [-0.25, -0.2) is 0 Å². The highest BCUT2D eigenvalue weighted by Gasteiger charge is 2.19. The van der Waals surface area contributed by atoms with Gasteiger partial charge in [0.1, 0.15) is 5.69 Å². The van der Waals surface area contributed by atoms with Gasteiger partial charge < -0.3 is 10.1 Å². The summed E-state index contributed by atoms with van der Waals surface area (Å²) >= 11 is 0. The normalized spacial score (nSPS) is 10.1. The van der Waals surface area contributed by atoms with E-state index in [1.54, 1.807) is 25.2 Å². The van der Waals surface area contributed by atoms with Crippen molar-refractivity contribution in [1.82, 2.24) is 0 Å². The van der Waals surface area contributed by atoms with Crippen LogP contribution in [0, 0.1) is 10.1 Å². The Morgan fingerprint density at radius 2 is 1.90 bits per heavy atom. The molecule has 0 aliphatic rings. The standard InChI is InChI=1S/C16H18N2O3/c1-17-14-10-5-11-15(16(14)18(19)20)21-12-6-9-13-7-3-2-4-8-13/h2-5,7-8,10-11,17H,6,9,12H2,1H3. The molecule has 0 bridgehead atoms. The lowest BCUT2D eigenvalue weighted by Crippen LogP contribution is -2.04. The quantitative estimate of drug-likeness (QED) is 0.479. The number of nitrogens with one attached hydrogen (secondary N) is 1. The van der Waals surface area contributed by atoms with E-state index in [1.165, 1.54) is 5.56 Å². The van der Waals surface area contributed by atoms with Crippen molar-refractivity contribution in [2.45, 2.75) is 12.8 Å². The van der Waals surface area contributed by atoms with Crippen LogP contribution in [-0.2, 0) is 6.42 Å². The molecular formula is C16H18N2O3. The Morgan fingerprint density at radius 1 is 1.14 bits per heavy atom. The zero-order valence-corrected chi connectivity index (χ0v) is 11.9. The molecule has 0 unspecified atom stereocenters. The van der Waals surface area contributed by atoms with Crippen molar-refractivity contribution < 1.29 is 9.66 Å². The summed E-state index contributed by atoms with van der Waals surface area (Å²) in [5, 5.41) is 14.0. The molecule has 5 heteroatoms. The third-order valence-corrected chi connectivity index (χ3v) is 3.16. The number of anilines is 1. The molecular weight excluding hydrogens is 268 g/mol. The Balaban J connectivity index is 1.95. The molecule has 0 saturated carbocycles. The van der Waals surface area contributed by atoms with Crippen molar-refractivity contribution in [2.24, 2.45) is 0 Å². The number of nitrogens with zero attached hydrogens (tertiary/aromatic N) is 1. The fourth-order valence-electron chi connectivity index (χ4n) is 2.13. The average molecular weight is 286 g/mol. The molecule has 0 spiro atoms. The molecule has 0 aromatic heterocycles. The van der Waals surface area contributed by atoms with Gasteiger partial charge >= 0.3 is 5.69 Å². The minimum absolute atomic E-state index is 0.0142. The maximum atomic E-state index is 11.1. The predicted molar refractivity (Wildman–Crippen MR) is 82.9 cm³/mol. The molecule has 21 heavy (non-hydrogen) atoms. The smallest absolute Gasteiger partial charge is 0.333 e. The Morgan fingerprint density at radius 3 is 2.57 bits per heavy atom. The highest BCUT2D eigenvalue weighted by atomic mass is 16.6. The largest absolute Gasteiger partial charge is 0.487 e. The molecule has 5 nitrogen and oxygen atoms in total. The second-order valence-corrected chi connectivity index (χ2v) is 4.60. The van der Waals surface area contributed by atoms with E-state index in [1.807, 2.05) is 18.2 Å². The first kappa shape index (κ1) is 14.8. The van der Waals surface area contributed by atoms with Crippen LogP contribution in [0.3, 0.4) is 0 Å². The fraction of sp³-hybridized carbons (Fsp3) is 0.250. The van der Waals surface area contributed by atoms with Crippen LogP contribution in [0.2, 0.25) is 0 Å². The summed E-state index contributed by atoms with van der Waals surface area (Å²) in [5.74, 6) is 0.305. The van der Waals surface area contributed by atoms with E-state index in [2.05, 4.69) is 17.4 Å². The van der Waals surface area contributed by atoms with Gasteiger partial charge in [-0.05, 0) is 30.5 Å². The molecule has 0 amide bonds. The van der Waals surface area contributed by atoms with Crippen LogP contribution in [0.4, 0.5) is 11.4 Å². The Labute approximate surface area is 123 Å². The summed E-state index contributed by atoms with van der Waals surface area (Å²) in [5.41, 5.74) is 1.68. The van der Waals surface area contributed by atoms with Crippen molar-refractivity contribution >= 4 is 11.4 Å². The van der Waals surface area contributed by atoms with Gasteiger partial charge in [-0.15, -0.1) is 0 Å². The van der Waals surface area contributed by atoms with Gasteiger partial charge in [0.2, 0.25) is 0 Å². The molecule has 0 aliphatic heterocycles. The van der Waals surface area contributed by atoms with Crippen molar-refractivity contribution in [1.29, 1.82) is 0 Å². The maximum Gasteiger partial charge on any atom is 0.333 e. The summed E-state index contributed by atoms with van der Waals surface area (Å²) in [6.07, 6.45) is 1.70. The number of para-hydroxylation sites is 1. The van der Waals surface area contributed by atoms with Crippen molar-refractivity contribution in [2.75, 3.05) is 19.0 Å². The van der Waals surface area contributed by atoms with Crippen molar-refractivity contribution in [3.8, 4) is 5.75 Å². The lowest BCUT2D eigenvalue weighted by molar-refractivity contribution is -0.384. The lowest BCUT2D eigenvalue weighted by atomic mass is 10.1. The SMILES string of the molecule is CNc1cccc(OCCCc2ccccc2)c1[N+](=O)[O-]. The maximum absolute atomic E-state index is 11.1. The number of nitro groups is 1. The molecule has 1 N–H and O–H groups in total. The molecule has 2 aromatic carbocycles. The molecule has 0 fully saturated rings. The van der Waals surface area contributed by atoms with Crippen molar-refractivity contribution in [3.63, 3.8) is 0 Å². The fourth-order valence-corrected chi connectivity index (χ4v) is 2.13. The van der Waals surface area contributed by atoms with Crippen LogP contribution in [0.25, 0.3) is 0 Å². The van der Waals surface area contributed by atoms with Crippen molar-refractivity contribution in [3.05, 3.63) is 64.2 Å². The average Bonchev–Trinajstić information content (AvgIpc) is 2.52. The Hall–Kier alpha value is -2.56. The second-order valence-electron chi connectivity index (χ2n) is 4.60. The number of hydrogen-bond donors (Lipinski definition) is 1. The summed E-state index contributed by atoms with van der Waals surface area (Å²) in [6.45, 7) is 0.447.